The molecule has 0 aliphatic carbocycles. The van der Waals surface area contributed by atoms with E-state index in [0.717, 1.165) is 25.7 Å². The van der Waals surface area contributed by atoms with Gasteiger partial charge in [0.05, 0.1) is 12.2 Å². The van der Waals surface area contributed by atoms with E-state index >= 15 is 0 Å². The lowest BCUT2D eigenvalue weighted by molar-refractivity contribution is -0.153. The molecule has 0 bridgehead atoms. The molecular formula is C20H40N2O. The molecule has 0 aromatic heterocycles. The molecule has 3 nitrogen and oxygen atoms in total. The molecule has 2 rings (SSSR count). The van der Waals surface area contributed by atoms with Crippen LogP contribution in [0.5, 0.6) is 0 Å². The monoisotopic (exact) mass is 324 g/mol. The predicted octanol–water partition coefficient (Wildman–Crippen LogP) is 4.31. The Morgan fingerprint density at radius 2 is 0.783 bits per heavy atom. The smallest absolute Gasteiger partial charge is 0.0613 e. The number of nitrogens with zero attached hydrogens (tertiary/aromatic N) is 2. The van der Waals surface area contributed by atoms with Gasteiger partial charge in [-0.1, -0.05) is 0 Å². The molecule has 0 unspecified atom stereocenters. The van der Waals surface area contributed by atoms with Gasteiger partial charge in [0.1, 0.15) is 0 Å². The normalized spacial score (nSPS) is 32.1. The molecule has 136 valence electrons. The van der Waals surface area contributed by atoms with Gasteiger partial charge in [0.2, 0.25) is 0 Å². The van der Waals surface area contributed by atoms with Crippen LogP contribution in [-0.2, 0) is 4.74 Å². The van der Waals surface area contributed by atoms with E-state index in [4.69, 9.17) is 4.74 Å². The summed E-state index contributed by atoms with van der Waals surface area (Å²) in [5.74, 6) is 0. The molecule has 23 heavy (non-hydrogen) atoms. The molecule has 2 heterocycles. The van der Waals surface area contributed by atoms with E-state index in [0.29, 0.717) is 12.2 Å². The fourth-order valence-electron chi connectivity index (χ4n) is 5.02. The van der Waals surface area contributed by atoms with Crippen LogP contribution in [0.25, 0.3) is 0 Å². The van der Waals surface area contributed by atoms with Gasteiger partial charge in [-0.05, 0) is 95.2 Å². The topological polar surface area (TPSA) is 15.7 Å². The van der Waals surface area contributed by atoms with Gasteiger partial charge in [0.15, 0.2) is 0 Å². The molecule has 0 radical (unpaired) electrons. The number of likely N-dealkylation sites (tertiary alicyclic amines) is 2. The van der Waals surface area contributed by atoms with Gasteiger partial charge in [0.25, 0.3) is 0 Å². The first kappa shape index (κ1) is 19.2. The Balaban J connectivity index is 2.10. The van der Waals surface area contributed by atoms with E-state index in [2.05, 4.69) is 79.3 Å². The number of piperidine rings is 2. The molecule has 3 heteroatoms. The van der Waals surface area contributed by atoms with Crippen molar-refractivity contribution in [3.63, 3.8) is 0 Å². The molecule has 0 aromatic rings. The minimum atomic E-state index is 0.197. The largest absolute Gasteiger partial charge is 0.375 e. The van der Waals surface area contributed by atoms with Crippen LogP contribution in [0.15, 0.2) is 0 Å². The summed E-state index contributed by atoms with van der Waals surface area (Å²) >= 11 is 0. The van der Waals surface area contributed by atoms with E-state index in [-0.39, 0.29) is 22.2 Å². The van der Waals surface area contributed by atoms with E-state index < -0.39 is 0 Å². The van der Waals surface area contributed by atoms with Crippen LogP contribution >= 0.6 is 0 Å². The molecule has 0 atom stereocenters. The molecule has 0 amide bonds. The Hall–Kier alpha value is -0.120. The van der Waals surface area contributed by atoms with Gasteiger partial charge in [-0.3, -0.25) is 9.80 Å². The van der Waals surface area contributed by atoms with Gasteiger partial charge < -0.3 is 4.74 Å². The van der Waals surface area contributed by atoms with E-state index in [9.17, 15) is 0 Å². The van der Waals surface area contributed by atoms with Crippen LogP contribution in [0.2, 0.25) is 0 Å². The summed E-state index contributed by atoms with van der Waals surface area (Å²) in [7, 11) is 4.52. The molecule has 0 N–H and O–H groups in total. The maximum atomic E-state index is 6.72. The van der Waals surface area contributed by atoms with Crippen molar-refractivity contribution in [1.82, 2.24) is 9.80 Å². The van der Waals surface area contributed by atoms with Gasteiger partial charge in [-0.25, -0.2) is 0 Å². The van der Waals surface area contributed by atoms with Crippen molar-refractivity contribution in [2.45, 2.75) is 115 Å². The average Bonchev–Trinajstić information content (AvgIpc) is 2.31. The predicted molar refractivity (Wildman–Crippen MR) is 99.0 cm³/mol. The maximum absolute atomic E-state index is 6.72. The third-order valence-electron chi connectivity index (χ3n) is 6.93. The second kappa shape index (κ2) is 5.71. The summed E-state index contributed by atoms with van der Waals surface area (Å²) in [6.07, 6.45) is 5.24. The van der Waals surface area contributed by atoms with Gasteiger partial charge >= 0.3 is 0 Å². The van der Waals surface area contributed by atoms with Crippen LogP contribution in [0.1, 0.15) is 81.1 Å². The molecule has 2 fully saturated rings. The van der Waals surface area contributed by atoms with Crippen LogP contribution in [0.3, 0.4) is 0 Å². The van der Waals surface area contributed by atoms with Crippen molar-refractivity contribution in [1.29, 1.82) is 0 Å². The quantitative estimate of drug-likeness (QED) is 0.753. The highest BCUT2D eigenvalue weighted by Gasteiger charge is 2.47. The molecule has 2 aliphatic rings. The van der Waals surface area contributed by atoms with E-state index in [1.807, 2.05) is 0 Å². The Kier molecular flexibility index (Phi) is 4.77. The zero-order chi connectivity index (χ0) is 17.8. The van der Waals surface area contributed by atoms with Crippen molar-refractivity contribution in [2.24, 2.45) is 0 Å². The average molecular weight is 325 g/mol. The number of hydrogen-bond donors (Lipinski definition) is 0. The summed E-state index contributed by atoms with van der Waals surface area (Å²) in [4.78, 5) is 5.06. The van der Waals surface area contributed by atoms with Crippen LogP contribution in [-0.4, -0.2) is 58.3 Å². The third-order valence-corrected chi connectivity index (χ3v) is 6.93. The zero-order valence-electron chi connectivity index (χ0n) is 17.3. The highest BCUT2D eigenvalue weighted by Crippen LogP contribution is 2.42. The van der Waals surface area contributed by atoms with Gasteiger partial charge in [-0.15, -0.1) is 0 Å². The highest BCUT2D eigenvalue weighted by atomic mass is 16.5. The summed E-state index contributed by atoms with van der Waals surface area (Å²) in [6.45, 7) is 18.8. The standard InChI is InChI=1S/C20H40N2O/c1-17(2)11-15(12-18(3,4)21(17)9)23-16-13-19(5,6)22(10)20(7,8)14-16/h15-16H,11-14H2,1-10H3. The number of hydrogen-bond acceptors (Lipinski definition) is 3. The Morgan fingerprint density at radius 3 is 1.00 bits per heavy atom. The zero-order valence-corrected chi connectivity index (χ0v) is 17.3. The Bertz CT molecular complexity index is 363. The third kappa shape index (κ3) is 3.77. The van der Waals surface area contributed by atoms with E-state index in [1.165, 1.54) is 0 Å². The Morgan fingerprint density at radius 1 is 0.565 bits per heavy atom. The molecule has 0 aromatic carbocycles. The number of rotatable bonds is 2. The lowest BCUT2D eigenvalue weighted by Gasteiger charge is -2.56. The van der Waals surface area contributed by atoms with Gasteiger partial charge in [-0.2, -0.15) is 0 Å². The molecule has 0 saturated carbocycles. The molecular weight excluding hydrogens is 284 g/mol. The van der Waals surface area contributed by atoms with E-state index in [1.54, 1.807) is 0 Å². The molecule has 2 saturated heterocycles. The lowest BCUT2D eigenvalue weighted by Crippen LogP contribution is -2.62. The van der Waals surface area contributed by atoms with Crippen LogP contribution in [0, 0.1) is 0 Å². The van der Waals surface area contributed by atoms with Crippen LogP contribution in [0.4, 0.5) is 0 Å². The van der Waals surface area contributed by atoms with Crippen molar-refractivity contribution in [3.8, 4) is 0 Å². The summed E-state index contributed by atoms with van der Waals surface area (Å²) in [5.41, 5.74) is 0.789. The summed E-state index contributed by atoms with van der Waals surface area (Å²) < 4.78 is 6.72. The molecule has 0 spiro atoms. The van der Waals surface area contributed by atoms with Crippen molar-refractivity contribution < 1.29 is 4.74 Å². The fourth-order valence-corrected chi connectivity index (χ4v) is 5.02. The second-order valence-corrected chi connectivity index (χ2v) is 10.6. The molecule has 2 aliphatic heterocycles. The number of ether oxygens (including phenoxy) is 1. The summed E-state index contributed by atoms with van der Waals surface area (Å²) in [5, 5.41) is 0. The fraction of sp³-hybridized carbons (Fsp3) is 1.00. The first-order chi connectivity index (χ1) is 10.2. The summed E-state index contributed by atoms with van der Waals surface area (Å²) in [6, 6.07) is 0. The van der Waals surface area contributed by atoms with Crippen molar-refractivity contribution in [3.05, 3.63) is 0 Å². The van der Waals surface area contributed by atoms with Crippen LogP contribution < -0.4 is 0 Å². The second-order valence-electron chi connectivity index (χ2n) is 10.6. The minimum absolute atomic E-state index is 0.197. The first-order valence-corrected chi connectivity index (χ1v) is 9.31. The maximum Gasteiger partial charge on any atom is 0.0613 e. The highest BCUT2D eigenvalue weighted by molar-refractivity contribution is 5.02. The first-order valence-electron chi connectivity index (χ1n) is 9.31. The van der Waals surface area contributed by atoms with Crippen molar-refractivity contribution >= 4 is 0 Å². The Labute approximate surface area is 144 Å². The SMILES string of the molecule is CN1C(C)(C)CC(OC2CC(C)(C)N(C)C(C)(C)C2)CC1(C)C. The minimum Gasteiger partial charge on any atom is -0.375 e. The van der Waals surface area contributed by atoms with Gasteiger partial charge in [0, 0.05) is 22.2 Å². The lowest BCUT2D eigenvalue weighted by atomic mass is 9.77. The van der Waals surface area contributed by atoms with Crippen molar-refractivity contribution in [2.75, 3.05) is 14.1 Å².